The molecular weight excluding hydrogens is 238 g/mol. The van der Waals surface area contributed by atoms with Crippen LogP contribution in [0, 0.1) is 0 Å². The molecule has 0 amide bonds. The second-order valence-corrected chi connectivity index (χ2v) is 7.22. The molecule has 17 heavy (non-hydrogen) atoms. The molecule has 1 aliphatic heterocycles. The highest BCUT2D eigenvalue weighted by Crippen LogP contribution is 2.20. The Balaban J connectivity index is 1.91. The van der Waals surface area contributed by atoms with Gasteiger partial charge in [-0.2, -0.15) is 0 Å². The highest BCUT2D eigenvalue weighted by Gasteiger charge is 2.23. The van der Waals surface area contributed by atoms with Crippen LogP contribution in [0.25, 0.3) is 0 Å². The van der Waals surface area contributed by atoms with Crippen LogP contribution in [0.2, 0.25) is 0 Å². The number of hydrogen-bond donors (Lipinski definition) is 1. The zero-order chi connectivity index (χ0) is 12.3. The third-order valence-electron chi connectivity index (χ3n) is 3.56. The minimum absolute atomic E-state index is 0.202. The molecular formula is C11H21N3O2S. The maximum Gasteiger partial charge on any atom is 0.191 e. The van der Waals surface area contributed by atoms with E-state index in [0.717, 1.165) is 12.8 Å². The number of aliphatic imine (C=N–C) groups is 1. The van der Waals surface area contributed by atoms with Crippen LogP contribution in [-0.4, -0.2) is 49.9 Å². The molecule has 1 heterocycles. The highest BCUT2D eigenvalue weighted by atomic mass is 32.2. The van der Waals surface area contributed by atoms with E-state index >= 15 is 0 Å². The molecule has 0 atom stereocenters. The van der Waals surface area contributed by atoms with Gasteiger partial charge in [0.2, 0.25) is 0 Å². The van der Waals surface area contributed by atoms with Gasteiger partial charge in [-0.05, 0) is 12.8 Å². The first kappa shape index (κ1) is 12.7. The third-order valence-corrected chi connectivity index (χ3v) is 5.17. The first-order valence-electron chi connectivity index (χ1n) is 6.35. The van der Waals surface area contributed by atoms with Gasteiger partial charge in [0, 0.05) is 13.1 Å². The van der Waals surface area contributed by atoms with Gasteiger partial charge < -0.3 is 10.6 Å². The Kier molecular flexibility index (Phi) is 3.91. The Labute approximate surface area is 103 Å². The van der Waals surface area contributed by atoms with Crippen molar-refractivity contribution in [1.29, 1.82) is 0 Å². The summed E-state index contributed by atoms with van der Waals surface area (Å²) in [6.07, 6.45) is 6.00. The molecule has 0 spiro atoms. The van der Waals surface area contributed by atoms with Crippen LogP contribution in [-0.2, 0) is 9.84 Å². The Bertz CT molecular complexity index is 372. The number of nitrogens with zero attached hydrogens (tertiary/aromatic N) is 2. The number of guanidine groups is 1. The first-order valence-corrected chi connectivity index (χ1v) is 8.18. The molecule has 1 saturated heterocycles. The lowest BCUT2D eigenvalue weighted by Gasteiger charge is -2.29. The summed E-state index contributed by atoms with van der Waals surface area (Å²) in [4.78, 5) is 6.43. The number of nitrogens with two attached hydrogens (primary N) is 1. The van der Waals surface area contributed by atoms with Crippen molar-refractivity contribution in [3.05, 3.63) is 0 Å². The first-order chi connectivity index (χ1) is 8.07. The van der Waals surface area contributed by atoms with Gasteiger partial charge >= 0.3 is 0 Å². The van der Waals surface area contributed by atoms with Crippen molar-refractivity contribution in [1.82, 2.24) is 4.90 Å². The van der Waals surface area contributed by atoms with Gasteiger partial charge in [0.15, 0.2) is 15.8 Å². The second kappa shape index (κ2) is 5.25. The van der Waals surface area contributed by atoms with E-state index in [1.165, 1.54) is 19.3 Å². The van der Waals surface area contributed by atoms with Crippen molar-refractivity contribution in [2.45, 2.75) is 38.1 Å². The average molecular weight is 259 g/mol. The summed E-state index contributed by atoms with van der Waals surface area (Å²) < 4.78 is 22.6. The van der Waals surface area contributed by atoms with E-state index in [0.29, 0.717) is 25.1 Å². The third kappa shape index (κ3) is 3.59. The summed E-state index contributed by atoms with van der Waals surface area (Å²) in [6, 6.07) is 0.349. The summed E-state index contributed by atoms with van der Waals surface area (Å²) in [6.45, 7) is 0.981. The van der Waals surface area contributed by atoms with Crippen molar-refractivity contribution < 1.29 is 8.42 Å². The molecule has 0 bridgehead atoms. The molecule has 1 saturated carbocycles. The molecule has 0 aromatic heterocycles. The van der Waals surface area contributed by atoms with Crippen LogP contribution < -0.4 is 5.73 Å². The van der Waals surface area contributed by atoms with Crippen LogP contribution >= 0.6 is 0 Å². The molecule has 0 radical (unpaired) electrons. The van der Waals surface area contributed by atoms with E-state index in [9.17, 15) is 8.42 Å². The van der Waals surface area contributed by atoms with E-state index in [1.54, 1.807) is 0 Å². The maximum absolute atomic E-state index is 11.3. The van der Waals surface area contributed by atoms with E-state index in [4.69, 9.17) is 5.73 Å². The lowest BCUT2D eigenvalue weighted by molar-refractivity contribution is 0.412. The number of hydrogen-bond acceptors (Lipinski definition) is 3. The topological polar surface area (TPSA) is 75.8 Å². The summed E-state index contributed by atoms with van der Waals surface area (Å²) >= 11 is 0. The molecule has 98 valence electrons. The molecule has 2 fully saturated rings. The van der Waals surface area contributed by atoms with Gasteiger partial charge in [-0.3, -0.25) is 0 Å². The van der Waals surface area contributed by atoms with E-state index in [1.807, 2.05) is 4.90 Å². The van der Waals surface area contributed by atoms with E-state index in [2.05, 4.69) is 4.99 Å². The molecule has 0 aromatic rings. The SMILES string of the molecule is NC(=NC1CCCCC1)N1CCS(=O)(=O)CC1. The van der Waals surface area contributed by atoms with Crippen LogP contribution in [0.15, 0.2) is 4.99 Å². The van der Waals surface area contributed by atoms with Gasteiger partial charge in [-0.15, -0.1) is 0 Å². The van der Waals surface area contributed by atoms with Gasteiger partial charge in [0.05, 0.1) is 17.5 Å². The zero-order valence-electron chi connectivity index (χ0n) is 10.1. The minimum Gasteiger partial charge on any atom is -0.370 e. The summed E-state index contributed by atoms with van der Waals surface area (Å²) in [5, 5.41) is 0. The number of sulfone groups is 1. The van der Waals surface area contributed by atoms with E-state index in [-0.39, 0.29) is 11.5 Å². The van der Waals surface area contributed by atoms with Crippen molar-refractivity contribution >= 4 is 15.8 Å². The molecule has 5 nitrogen and oxygen atoms in total. The Hall–Kier alpha value is -0.780. The second-order valence-electron chi connectivity index (χ2n) is 4.92. The molecule has 1 aliphatic carbocycles. The predicted molar refractivity (Wildman–Crippen MR) is 68.7 cm³/mol. The molecule has 2 N–H and O–H groups in total. The number of rotatable bonds is 1. The average Bonchev–Trinajstić information content (AvgIpc) is 2.30. The van der Waals surface area contributed by atoms with Crippen LogP contribution in [0.4, 0.5) is 0 Å². The monoisotopic (exact) mass is 259 g/mol. The smallest absolute Gasteiger partial charge is 0.191 e. The maximum atomic E-state index is 11.3. The van der Waals surface area contributed by atoms with Crippen LogP contribution in [0.1, 0.15) is 32.1 Å². The van der Waals surface area contributed by atoms with Crippen molar-refractivity contribution in [2.75, 3.05) is 24.6 Å². The van der Waals surface area contributed by atoms with Crippen molar-refractivity contribution in [3.63, 3.8) is 0 Å². The quantitative estimate of drug-likeness (QED) is 0.545. The lowest BCUT2D eigenvalue weighted by Crippen LogP contribution is -2.47. The van der Waals surface area contributed by atoms with Gasteiger partial charge in [0.25, 0.3) is 0 Å². The summed E-state index contributed by atoms with van der Waals surface area (Å²) in [5.41, 5.74) is 5.95. The molecule has 6 heteroatoms. The highest BCUT2D eigenvalue weighted by molar-refractivity contribution is 7.91. The lowest BCUT2D eigenvalue weighted by atomic mass is 9.96. The Morgan fingerprint density at radius 3 is 2.29 bits per heavy atom. The zero-order valence-corrected chi connectivity index (χ0v) is 11.0. The molecule has 0 aromatic carbocycles. The Morgan fingerprint density at radius 2 is 1.71 bits per heavy atom. The largest absolute Gasteiger partial charge is 0.370 e. The van der Waals surface area contributed by atoms with Gasteiger partial charge in [0.1, 0.15) is 0 Å². The fourth-order valence-corrected chi connectivity index (χ4v) is 3.62. The standard InChI is InChI=1S/C11H21N3O2S/c12-11(13-10-4-2-1-3-5-10)14-6-8-17(15,16)9-7-14/h10H,1-9H2,(H2,12,13). The van der Waals surface area contributed by atoms with Gasteiger partial charge in [-0.1, -0.05) is 19.3 Å². The van der Waals surface area contributed by atoms with Crippen molar-refractivity contribution in [2.24, 2.45) is 10.7 Å². The fraction of sp³-hybridized carbons (Fsp3) is 0.909. The molecule has 2 rings (SSSR count). The fourth-order valence-electron chi connectivity index (χ4n) is 2.42. The normalized spacial score (nSPS) is 27.1. The molecule has 0 unspecified atom stereocenters. The van der Waals surface area contributed by atoms with Gasteiger partial charge in [-0.25, -0.2) is 13.4 Å². The van der Waals surface area contributed by atoms with E-state index < -0.39 is 9.84 Å². The van der Waals surface area contributed by atoms with Crippen molar-refractivity contribution in [3.8, 4) is 0 Å². The van der Waals surface area contributed by atoms with Crippen LogP contribution in [0.5, 0.6) is 0 Å². The summed E-state index contributed by atoms with van der Waals surface area (Å²) in [7, 11) is -2.83. The predicted octanol–water partition coefficient (Wildman–Crippen LogP) is 0.364. The molecule has 2 aliphatic rings. The van der Waals surface area contributed by atoms with Crippen LogP contribution in [0.3, 0.4) is 0 Å². The Morgan fingerprint density at radius 1 is 1.12 bits per heavy atom. The minimum atomic E-state index is -2.83. The summed E-state index contributed by atoms with van der Waals surface area (Å²) in [5.74, 6) is 0.939.